The number of nitrogens with zero attached hydrogens (tertiary/aromatic N) is 2. The van der Waals surface area contributed by atoms with Crippen LogP contribution in [0.2, 0.25) is 0 Å². The van der Waals surface area contributed by atoms with Crippen molar-refractivity contribution in [3.05, 3.63) is 48.5 Å². The van der Waals surface area contributed by atoms with Gasteiger partial charge in [0.2, 0.25) is 5.82 Å². The van der Waals surface area contributed by atoms with Crippen LogP contribution in [0.25, 0.3) is 23.0 Å². The van der Waals surface area contributed by atoms with E-state index in [9.17, 15) is 4.39 Å². The Balaban J connectivity index is 1.98. The van der Waals surface area contributed by atoms with Gasteiger partial charge in [0.1, 0.15) is 5.82 Å². The molecule has 0 saturated carbocycles. The van der Waals surface area contributed by atoms with Crippen molar-refractivity contribution < 1.29 is 13.3 Å². The molecule has 2 heterocycles. The highest BCUT2D eigenvalue weighted by atomic mass is 19.1. The Kier molecular flexibility index (Phi) is 2.22. The van der Waals surface area contributed by atoms with E-state index in [0.29, 0.717) is 23.0 Å². The van der Waals surface area contributed by atoms with Crippen LogP contribution in [0.4, 0.5) is 4.39 Å². The number of aromatic nitrogens is 2. The third kappa shape index (κ3) is 1.82. The van der Waals surface area contributed by atoms with Crippen molar-refractivity contribution in [2.45, 2.75) is 0 Å². The van der Waals surface area contributed by atoms with E-state index in [4.69, 9.17) is 8.94 Å². The van der Waals surface area contributed by atoms with Crippen LogP contribution < -0.4 is 0 Å². The van der Waals surface area contributed by atoms with Gasteiger partial charge in [-0.05, 0) is 36.4 Å². The van der Waals surface area contributed by atoms with Gasteiger partial charge in [0.25, 0.3) is 5.89 Å². The molecule has 3 rings (SSSR count). The summed E-state index contributed by atoms with van der Waals surface area (Å²) in [6, 6.07) is 9.33. The Labute approximate surface area is 95.7 Å². The van der Waals surface area contributed by atoms with E-state index in [1.165, 1.54) is 18.4 Å². The van der Waals surface area contributed by atoms with E-state index >= 15 is 0 Å². The van der Waals surface area contributed by atoms with Gasteiger partial charge >= 0.3 is 0 Å². The fourth-order valence-electron chi connectivity index (χ4n) is 1.44. The van der Waals surface area contributed by atoms with Crippen LogP contribution in [-0.4, -0.2) is 10.1 Å². The molecule has 17 heavy (non-hydrogen) atoms. The third-order valence-electron chi connectivity index (χ3n) is 2.26. The molecule has 1 aromatic carbocycles. The molecule has 0 unspecified atom stereocenters. The molecule has 0 aliphatic rings. The largest absolute Gasteiger partial charge is 0.459 e. The van der Waals surface area contributed by atoms with Crippen LogP contribution in [-0.2, 0) is 0 Å². The Hall–Kier alpha value is -2.43. The molecule has 0 amide bonds. The number of furan rings is 1. The van der Waals surface area contributed by atoms with Crippen molar-refractivity contribution in [1.29, 1.82) is 0 Å². The lowest BCUT2D eigenvalue weighted by Gasteiger charge is -1.92. The first-order chi connectivity index (χ1) is 8.33. The topological polar surface area (TPSA) is 52.1 Å². The lowest BCUT2D eigenvalue weighted by Crippen LogP contribution is -1.81. The van der Waals surface area contributed by atoms with E-state index in [1.807, 2.05) is 0 Å². The average Bonchev–Trinajstić information content (AvgIpc) is 3.00. The summed E-state index contributed by atoms with van der Waals surface area (Å²) < 4.78 is 22.9. The smallest absolute Gasteiger partial charge is 0.293 e. The van der Waals surface area contributed by atoms with Gasteiger partial charge in [0, 0.05) is 5.56 Å². The Bertz CT molecular complexity index is 614. The van der Waals surface area contributed by atoms with Gasteiger partial charge in [-0.3, -0.25) is 0 Å². The Morgan fingerprint density at radius 1 is 1.06 bits per heavy atom. The first-order valence-electron chi connectivity index (χ1n) is 4.96. The summed E-state index contributed by atoms with van der Waals surface area (Å²) >= 11 is 0. The standard InChI is InChI=1S/C12H7FN2O2/c13-9-5-3-8(4-6-9)11-14-12(17-15-11)10-2-1-7-16-10/h1-7H. The molecule has 0 fully saturated rings. The summed E-state index contributed by atoms with van der Waals surface area (Å²) in [4.78, 5) is 4.16. The molecule has 0 bridgehead atoms. The number of halogens is 1. The van der Waals surface area contributed by atoms with Crippen molar-refractivity contribution >= 4 is 0 Å². The zero-order valence-corrected chi connectivity index (χ0v) is 8.63. The zero-order valence-electron chi connectivity index (χ0n) is 8.63. The molecule has 3 aromatic rings. The van der Waals surface area contributed by atoms with Crippen molar-refractivity contribution in [3.63, 3.8) is 0 Å². The van der Waals surface area contributed by atoms with Crippen LogP contribution in [0.5, 0.6) is 0 Å². The van der Waals surface area contributed by atoms with Crippen molar-refractivity contribution in [3.8, 4) is 23.0 Å². The van der Waals surface area contributed by atoms with Gasteiger partial charge in [-0.2, -0.15) is 4.98 Å². The van der Waals surface area contributed by atoms with Crippen molar-refractivity contribution in [2.24, 2.45) is 0 Å². The van der Waals surface area contributed by atoms with E-state index < -0.39 is 0 Å². The molecule has 4 nitrogen and oxygen atoms in total. The summed E-state index contributed by atoms with van der Waals surface area (Å²) in [7, 11) is 0. The molecule has 2 aromatic heterocycles. The van der Waals surface area contributed by atoms with Gasteiger partial charge in [-0.1, -0.05) is 5.16 Å². The minimum absolute atomic E-state index is 0.300. The number of benzene rings is 1. The molecule has 0 radical (unpaired) electrons. The normalized spacial score (nSPS) is 10.6. The van der Waals surface area contributed by atoms with Crippen LogP contribution in [0.15, 0.2) is 51.6 Å². The van der Waals surface area contributed by atoms with E-state index in [0.717, 1.165) is 0 Å². The second-order valence-corrected chi connectivity index (χ2v) is 3.41. The lowest BCUT2D eigenvalue weighted by molar-refractivity contribution is 0.417. The molecule has 0 aliphatic carbocycles. The Morgan fingerprint density at radius 2 is 1.88 bits per heavy atom. The summed E-state index contributed by atoms with van der Waals surface area (Å²) in [5, 5.41) is 3.80. The summed E-state index contributed by atoms with van der Waals surface area (Å²) in [6.07, 6.45) is 1.52. The van der Waals surface area contributed by atoms with E-state index in [-0.39, 0.29) is 5.82 Å². The fraction of sp³-hybridized carbons (Fsp3) is 0. The molecule has 0 spiro atoms. The highest BCUT2D eigenvalue weighted by Gasteiger charge is 2.12. The van der Waals surface area contributed by atoms with Gasteiger partial charge in [-0.25, -0.2) is 4.39 Å². The summed E-state index contributed by atoms with van der Waals surface area (Å²) in [5.41, 5.74) is 0.688. The predicted octanol–water partition coefficient (Wildman–Crippen LogP) is 3.14. The number of hydrogen-bond acceptors (Lipinski definition) is 4. The maximum atomic E-state index is 12.8. The van der Waals surface area contributed by atoms with Gasteiger partial charge in [0.15, 0.2) is 5.76 Å². The first kappa shape index (κ1) is 9.77. The predicted molar refractivity (Wildman–Crippen MR) is 57.4 cm³/mol. The second-order valence-electron chi connectivity index (χ2n) is 3.41. The number of hydrogen-bond donors (Lipinski definition) is 0. The van der Waals surface area contributed by atoms with Crippen LogP contribution in [0.1, 0.15) is 0 Å². The maximum Gasteiger partial charge on any atom is 0.293 e. The molecular formula is C12H7FN2O2. The summed E-state index contributed by atoms with van der Waals surface area (Å²) in [5.74, 6) is 0.903. The molecular weight excluding hydrogens is 223 g/mol. The summed E-state index contributed by atoms with van der Waals surface area (Å²) in [6.45, 7) is 0. The molecule has 84 valence electrons. The average molecular weight is 230 g/mol. The quantitative estimate of drug-likeness (QED) is 0.678. The molecule has 0 saturated heterocycles. The minimum atomic E-state index is -0.302. The molecule has 0 N–H and O–H groups in total. The minimum Gasteiger partial charge on any atom is -0.459 e. The van der Waals surface area contributed by atoms with Crippen LogP contribution >= 0.6 is 0 Å². The highest BCUT2D eigenvalue weighted by molar-refractivity contribution is 5.56. The van der Waals surface area contributed by atoms with Crippen molar-refractivity contribution in [1.82, 2.24) is 10.1 Å². The van der Waals surface area contributed by atoms with Gasteiger partial charge < -0.3 is 8.94 Å². The fourth-order valence-corrected chi connectivity index (χ4v) is 1.44. The maximum absolute atomic E-state index is 12.8. The lowest BCUT2D eigenvalue weighted by atomic mass is 10.2. The zero-order chi connectivity index (χ0) is 11.7. The Morgan fingerprint density at radius 3 is 2.59 bits per heavy atom. The molecule has 0 aliphatic heterocycles. The SMILES string of the molecule is Fc1ccc(-c2noc(-c3ccco3)n2)cc1. The van der Waals surface area contributed by atoms with E-state index in [2.05, 4.69) is 10.1 Å². The highest BCUT2D eigenvalue weighted by Crippen LogP contribution is 2.22. The monoisotopic (exact) mass is 230 g/mol. The third-order valence-corrected chi connectivity index (χ3v) is 2.26. The van der Waals surface area contributed by atoms with Crippen LogP contribution in [0, 0.1) is 5.82 Å². The van der Waals surface area contributed by atoms with Gasteiger partial charge in [-0.15, -0.1) is 0 Å². The molecule has 0 atom stereocenters. The number of rotatable bonds is 2. The first-order valence-corrected chi connectivity index (χ1v) is 4.96. The van der Waals surface area contributed by atoms with Gasteiger partial charge in [0.05, 0.1) is 6.26 Å². The van der Waals surface area contributed by atoms with Crippen LogP contribution in [0.3, 0.4) is 0 Å². The molecule has 5 heteroatoms. The van der Waals surface area contributed by atoms with E-state index in [1.54, 1.807) is 24.3 Å². The van der Waals surface area contributed by atoms with Crippen molar-refractivity contribution in [2.75, 3.05) is 0 Å². The second kappa shape index (κ2) is 3.86.